The number of thioether (sulfide) groups is 1. The third-order valence-electron chi connectivity index (χ3n) is 2.11. The molecule has 0 N–H and O–H groups in total. The molecule has 0 unspecified atom stereocenters. The van der Waals surface area contributed by atoms with Crippen LogP contribution in [0.2, 0.25) is 5.15 Å². The molecule has 0 aliphatic rings. The number of hydrogen-bond donors (Lipinski definition) is 0. The molecule has 0 amide bonds. The Morgan fingerprint density at radius 3 is 2.83 bits per heavy atom. The second-order valence-corrected chi connectivity index (χ2v) is 5.55. The van der Waals surface area contributed by atoms with Gasteiger partial charge in [-0.2, -0.15) is 5.26 Å². The average molecular weight is 341 g/mol. The lowest BCUT2D eigenvalue weighted by atomic mass is 10.4. The highest BCUT2D eigenvalue weighted by atomic mass is 79.9. The van der Waals surface area contributed by atoms with Gasteiger partial charge in [-0.05, 0) is 28.1 Å². The molecular weight excluding hydrogens is 334 g/mol. The minimum atomic E-state index is 0.204. The molecule has 0 radical (unpaired) electrons. The second kappa shape index (κ2) is 6.19. The van der Waals surface area contributed by atoms with Gasteiger partial charge in [0.15, 0.2) is 5.15 Å². The third kappa shape index (κ3) is 3.22. The van der Waals surface area contributed by atoms with Crippen molar-refractivity contribution in [1.82, 2.24) is 9.97 Å². The van der Waals surface area contributed by atoms with Gasteiger partial charge in [-0.15, -0.1) is 11.8 Å². The fourth-order valence-corrected chi connectivity index (χ4v) is 2.86. The largest absolute Gasteiger partial charge is 0.239 e. The van der Waals surface area contributed by atoms with Crippen molar-refractivity contribution in [3.63, 3.8) is 0 Å². The van der Waals surface area contributed by atoms with E-state index in [1.807, 2.05) is 30.3 Å². The maximum atomic E-state index is 8.73. The van der Waals surface area contributed by atoms with Crippen LogP contribution in [0, 0.1) is 11.3 Å². The molecule has 1 aromatic heterocycles. The summed E-state index contributed by atoms with van der Waals surface area (Å²) in [4.78, 5) is 9.30. The van der Waals surface area contributed by atoms with Crippen LogP contribution in [0.15, 0.2) is 39.8 Å². The molecule has 6 heteroatoms. The molecule has 90 valence electrons. The Morgan fingerprint density at radius 1 is 1.39 bits per heavy atom. The number of halogens is 2. The van der Waals surface area contributed by atoms with Crippen LogP contribution in [0.5, 0.6) is 0 Å². The summed E-state index contributed by atoms with van der Waals surface area (Å²) in [6.45, 7) is 0. The molecule has 0 aliphatic heterocycles. The Kier molecular flexibility index (Phi) is 4.59. The Bertz CT molecular complexity index is 613. The van der Waals surface area contributed by atoms with Crippen molar-refractivity contribution in [1.29, 1.82) is 5.26 Å². The SMILES string of the molecule is N#Cc1cnc(CSc2ccccc2Br)nc1Cl. The summed E-state index contributed by atoms with van der Waals surface area (Å²) in [5.74, 6) is 1.22. The van der Waals surface area contributed by atoms with E-state index in [9.17, 15) is 0 Å². The zero-order valence-corrected chi connectivity index (χ0v) is 12.3. The van der Waals surface area contributed by atoms with E-state index >= 15 is 0 Å². The molecule has 2 aromatic rings. The van der Waals surface area contributed by atoms with Crippen LogP contribution in [0.25, 0.3) is 0 Å². The first-order chi connectivity index (χ1) is 8.70. The summed E-state index contributed by atoms with van der Waals surface area (Å²) in [5, 5.41) is 8.93. The van der Waals surface area contributed by atoms with Crippen molar-refractivity contribution in [2.24, 2.45) is 0 Å². The summed E-state index contributed by atoms with van der Waals surface area (Å²) in [7, 11) is 0. The summed E-state index contributed by atoms with van der Waals surface area (Å²) < 4.78 is 1.04. The molecule has 0 aliphatic carbocycles. The van der Waals surface area contributed by atoms with Gasteiger partial charge in [0.2, 0.25) is 0 Å². The summed E-state index contributed by atoms with van der Waals surface area (Å²) in [6, 6.07) is 9.86. The van der Waals surface area contributed by atoms with Crippen molar-refractivity contribution in [2.75, 3.05) is 0 Å². The Balaban J connectivity index is 2.10. The Morgan fingerprint density at radius 2 is 2.17 bits per heavy atom. The highest BCUT2D eigenvalue weighted by Crippen LogP contribution is 2.29. The predicted octanol–water partition coefficient (Wildman–Crippen LogP) is 4.06. The number of hydrogen-bond acceptors (Lipinski definition) is 4. The third-order valence-corrected chi connectivity index (χ3v) is 4.42. The van der Waals surface area contributed by atoms with E-state index in [-0.39, 0.29) is 5.15 Å². The predicted molar refractivity (Wildman–Crippen MR) is 75.5 cm³/mol. The lowest BCUT2D eigenvalue weighted by molar-refractivity contribution is 1.03. The first-order valence-electron chi connectivity index (χ1n) is 4.99. The number of aromatic nitrogens is 2. The molecule has 0 bridgehead atoms. The number of benzene rings is 1. The molecule has 0 atom stereocenters. The molecule has 0 spiro atoms. The number of rotatable bonds is 3. The van der Waals surface area contributed by atoms with E-state index in [2.05, 4.69) is 25.9 Å². The van der Waals surface area contributed by atoms with Gasteiger partial charge in [-0.25, -0.2) is 9.97 Å². The molecule has 2 rings (SSSR count). The summed E-state index contributed by atoms with van der Waals surface area (Å²) in [6.07, 6.45) is 1.45. The standard InChI is InChI=1S/C12H7BrClN3S/c13-9-3-1-2-4-10(9)18-7-11-16-6-8(5-15)12(14)17-11/h1-4,6H,7H2. The topological polar surface area (TPSA) is 49.6 Å². The normalized spacial score (nSPS) is 10.1. The van der Waals surface area contributed by atoms with Crippen LogP contribution in [-0.2, 0) is 5.75 Å². The van der Waals surface area contributed by atoms with E-state index in [1.165, 1.54) is 6.20 Å². The van der Waals surface area contributed by atoms with Crippen molar-refractivity contribution < 1.29 is 0 Å². The van der Waals surface area contributed by atoms with Gasteiger partial charge in [0.1, 0.15) is 17.5 Å². The van der Waals surface area contributed by atoms with Crippen molar-refractivity contribution in [2.45, 2.75) is 10.6 Å². The van der Waals surface area contributed by atoms with Crippen LogP contribution < -0.4 is 0 Å². The van der Waals surface area contributed by atoms with Crippen LogP contribution >= 0.6 is 39.3 Å². The van der Waals surface area contributed by atoms with E-state index < -0.39 is 0 Å². The lowest BCUT2D eigenvalue weighted by Crippen LogP contribution is -1.95. The number of nitrogens with zero attached hydrogens (tertiary/aromatic N) is 3. The molecular formula is C12H7BrClN3S. The quantitative estimate of drug-likeness (QED) is 0.624. The fourth-order valence-electron chi connectivity index (χ4n) is 1.24. The second-order valence-electron chi connectivity index (χ2n) is 3.32. The van der Waals surface area contributed by atoms with Gasteiger partial charge < -0.3 is 0 Å². The zero-order chi connectivity index (χ0) is 13.0. The highest BCUT2D eigenvalue weighted by molar-refractivity contribution is 9.10. The minimum Gasteiger partial charge on any atom is -0.239 e. The lowest BCUT2D eigenvalue weighted by Gasteiger charge is -2.03. The number of nitriles is 1. The van der Waals surface area contributed by atoms with E-state index in [1.54, 1.807) is 11.8 Å². The van der Waals surface area contributed by atoms with Gasteiger partial charge in [0.05, 0.1) is 5.75 Å². The molecule has 1 heterocycles. The van der Waals surface area contributed by atoms with Gasteiger partial charge in [0.25, 0.3) is 0 Å². The Labute approximate surface area is 122 Å². The van der Waals surface area contributed by atoms with E-state index in [0.29, 0.717) is 17.1 Å². The molecule has 0 saturated heterocycles. The smallest absolute Gasteiger partial charge is 0.150 e. The van der Waals surface area contributed by atoms with Crippen LogP contribution in [0.1, 0.15) is 11.4 Å². The first-order valence-corrected chi connectivity index (χ1v) is 7.15. The molecule has 3 nitrogen and oxygen atoms in total. The highest BCUT2D eigenvalue weighted by Gasteiger charge is 2.06. The van der Waals surface area contributed by atoms with Gasteiger partial charge >= 0.3 is 0 Å². The van der Waals surface area contributed by atoms with Gasteiger partial charge in [-0.1, -0.05) is 23.7 Å². The van der Waals surface area contributed by atoms with Crippen molar-refractivity contribution in [3.8, 4) is 6.07 Å². The van der Waals surface area contributed by atoms with Crippen LogP contribution in [0.4, 0.5) is 0 Å². The molecule has 18 heavy (non-hydrogen) atoms. The van der Waals surface area contributed by atoms with E-state index in [0.717, 1.165) is 9.37 Å². The van der Waals surface area contributed by atoms with Gasteiger partial charge in [-0.3, -0.25) is 0 Å². The molecule has 0 fully saturated rings. The molecule has 1 aromatic carbocycles. The first kappa shape index (κ1) is 13.3. The summed E-state index contributed by atoms with van der Waals surface area (Å²) in [5.41, 5.74) is 0.298. The zero-order valence-electron chi connectivity index (χ0n) is 9.10. The van der Waals surface area contributed by atoms with Crippen LogP contribution in [-0.4, -0.2) is 9.97 Å². The maximum Gasteiger partial charge on any atom is 0.150 e. The fraction of sp³-hybridized carbons (Fsp3) is 0.0833. The van der Waals surface area contributed by atoms with Crippen molar-refractivity contribution in [3.05, 3.63) is 51.5 Å². The van der Waals surface area contributed by atoms with Crippen LogP contribution in [0.3, 0.4) is 0 Å². The minimum absolute atomic E-state index is 0.204. The summed E-state index contributed by atoms with van der Waals surface area (Å²) >= 11 is 10.9. The Hall–Kier alpha value is -1.09. The van der Waals surface area contributed by atoms with Gasteiger partial charge in [0, 0.05) is 15.6 Å². The molecule has 0 saturated carbocycles. The van der Waals surface area contributed by atoms with E-state index in [4.69, 9.17) is 16.9 Å². The average Bonchev–Trinajstić information content (AvgIpc) is 2.38. The van der Waals surface area contributed by atoms with Crippen molar-refractivity contribution >= 4 is 39.3 Å². The maximum absolute atomic E-state index is 8.73. The monoisotopic (exact) mass is 339 g/mol.